The second-order valence-corrected chi connectivity index (χ2v) is 2.57. The zero-order valence-corrected chi connectivity index (χ0v) is 7.24. The number of anilines is 1. The first-order valence-corrected chi connectivity index (χ1v) is 3.96. The van der Waals surface area contributed by atoms with E-state index in [1.54, 1.807) is 6.92 Å². The van der Waals surface area contributed by atoms with Gasteiger partial charge in [0.1, 0.15) is 17.2 Å². The smallest absolute Gasteiger partial charge is 0.224 e. The Kier molecular flexibility index (Phi) is 2.74. The van der Waals surface area contributed by atoms with E-state index in [4.69, 9.17) is 0 Å². The molecule has 0 aliphatic heterocycles. The van der Waals surface area contributed by atoms with E-state index in [0.717, 1.165) is 0 Å². The van der Waals surface area contributed by atoms with Gasteiger partial charge in [0.05, 0.1) is 0 Å². The number of hydrogen-bond donors (Lipinski definition) is 3. The van der Waals surface area contributed by atoms with E-state index in [2.05, 4.69) is 5.32 Å². The number of para-hydroxylation sites is 1. The summed E-state index contributed by atoms with van der Waals surface area (Å²) >= 11 is 0. The van der Waals surface area contributed by atoms with Crippen molar-refractivity contribution in [2.24, 2.45) is 0 Å². The highest BCUT2D eigenvalue weighted by molar-refractivity contribution is 5.93. The van der Waals surface area contributed by atoms with Crippen molar-refractivity contribution in [2.75, 3.05) is 5.32 Å². The van der Waals surface area contributed by atoms with Crippen LogP contribution in [0, 0.1) is 0 Å². The molecule has 4 heteroatoms. The molecule has 0 aliphatic rings. The molecule has 1 amide bonds. The highest BCUT2D eigenvalue weighted by Gasteiger charge is 2.08. The lowest BCUT2D eigenvalue weighted by molar-refractivity contribution is -0.115. The fourth-order valence-electron chi connectivity index (χ4n) is 0.884. The maximum atomic E-state index is 11.0. The Hall–Kier alpha value is -1.71. The Morgan fingerprint density at radius 1 is 1.38 bits per heavy atom. The molecule has 0 atom stereocenters. The van der Waals surface area contributed by atoms with Gasteiger partial charge < -0.3 is 15.5 Å². The summed E-state index contributed by atoms with van der Waals surface area (Å²) in [4.78, 5) is 11.0. The van der Waals surface area contributed by atoms with Crippen LogP contribution in [0.4, 0.5) is 5.69 Å². The zero-order valence-electron chi connectivity index (χ0n) is 7.24. The van der Waals surface area contributed by atoms with Crippen molar-refractivity contribution >= 4 is 11.6 Å². The van der Waals surface area contributed by atoms with E-state index in [-0.39, 0.29) is 23.1 Å². The maximum absolute atomic E-state index is 11.0. The van der Waals surface area contributed by atoms with Crippen LogP contribution in [0.5, 0.6) is 11.5 Å². The van der Waals surface area contributed by atoms with E-state index in [0.29, 0.717) is 6.42 Å². The second kappa shape index (κ2) is 3.80. The minimum Gasteiger partial charge on any atom is -0.506 e. The number of rotatable bonds is 2. The highest BCUT2D eigenvalue weighted by atomic mass is 16.3. The molecule has 0 aliphatic carbocycles. The van der Waals surface area contributed by atoms with Crippen molar-refractivity contribution in [3.05, 3.63) is 18.2 Å². The molecule has 4 nitrogen and oxygen atoms in total. The van der Waals surface area contributed by atoms with Crippen LogP contribution in [0.25, 0.3) is 0 Å². The average Bonchev–Trinajstić information content (AvgIpc) is 2.11. The molecule has 0 saturated heterocycles. The summed E-state index contributed by atoms with van der Waals surface area (Å²) in [5, 5.41) is 20.9. The largest absolute Gasteiger partial charge is 0.506 e. The highest BCUT2D eigenvalue weighted by Crippen LogP contribution is 2.32. The van der Waals surface area contributed by atoms with Gasteiger partial charge in [-0.1, -0.05) is 13.0 Å². The quantitative estimate of drug-likeness (QED) is 0.605. The van der Waals surface area contributed by atoms with Gasteiger partial charge in [0.15, 0.2) is 0 Å². The van der Waals surface area contributed by atoms with Gasteiger partial charge in [-0.05, 0) is 12.1 Å². The van der Waals surface area contributed by atoms with Gasteiger partial charge in [-0.3, -0.25) is 4.79 Å². The topological polar surface area (TPSA) is 69.6 Å². The molecular formula is C9H11NO3. The number of carbonyl (C=O) groups excluding carboxylic acids is 1. The number of benzene rings is 1. The maximum Gasteiger partial charge on any atom is 0.224 e. The molecule has 0 radical (unpaired) electrons. The van der Waals surface area contributed by atoms with Gasteiger partial charge >= 0.3 is 0 Å². The normalized spacial score (nSPS) is 9.62. The van der Waals surface area contributed by atoms with Crippen LogP contribution in [0.1, 0.15) is 13.3 Å². The van der Waals surface area contributed by atoms with Crippen LogP contribution < -0.4 is 5.32 Å². The van der Waals surface area contributed by atoms with Crippen molar-refractivity contribution in [1.29, 1.82) is 0 Å². The van der Waals surface area contributed by atoms with Gasteiger partial charge in [0.2, 0.25) is 5.91 Å². The molecule has 0 fully saturated rings. The predicted octanol–water partition coefficient (Wildman–Crippen LogP) is 1.45. The molecular weight excluding hydrogens is 170 g/mol. The van der Waals surface area contributed by atoms with Gasteiger partial charge in [0, 0.05) is 6.42 Å². The second-order valence-electron chi connectivity index (χ2n) is 2.57. The van der Waals surface area contributed by atoms with Gasteiger partial charge in [-0.25, -0.2) is 0 Å². The first kappa shape index (κ1) is 9.38. The molecule has 0 saturated carbocycles. The summed E-state index contributed by atoms with van der Waals surface area (Å²) in [5.41, 5.74) is 0.0642. The summed E-state index contributed by atoms with van der Waals surface area (Å²) in [6.07, 6.45) is 0.299. The molecule has 0 bridgehead atoms. The standard InChI is InChI=1S/C9H11NO3/c1-2-8(13)10-9-6(11)4-3-5-7(9)12/h3-5,11-12H,2H2,1H3,(H,10,13). The Morgan fingerprint density at radius 2 is 1.92 bits per heavy atom. The molecule has 3 N–H and O–H groups in total. The molecule has 0 aromatic heterocycles. The number of phenols is 2. The monoisotopic (exact) mass is 181 g/mol. The molecule has 1 aromatic rings. The number of aromatic hydroxyl groups is 2. The van der Waals surface area contributed by atoms with E-state index in [1.165, 1.54) is 18.2 Å². The minimum absolute atomic E-state index is 0.0642. The Balaban J connectivity index is 2.93. The third-order valence-corrected chi connectivity index (χ3v) is 1.61. The number of nitrogens with one attached hydrogen (secondary N) is 1. The molecule has 0 unspecified atom stereocenters. The van der Waals surface area contributed by atoms with Crippen LogP contribution >= 0.6 is 0 Å². The number of phenolic OH excluding ortho intramolecular Hbond substituents is 2. The van der Waals surface area contributed by atoms with E-state index < -0.39 is 0 Å². The average molecular weight is 181 g/mol. The van der Waals surface area contributed by atoms with Crippen LogP contribution in [0.15, 0.2) is 18.2 Å². The summed E-state index contributed by atoms with van der Waals surface area (Å²) < 4.78 is 0. The van der Waals surface area contributed by atoms with E-state index in [9.17, 15) is 15.0 Å². The first-order chi connectivity index (χ1) is 6.15. The summed E-state index contributed by atoms with van der Waals surface area (Å²) in [5.74, 6) is -0.527. The first-order valence-electron chi connectivity index (χ1n) is 3.96. The fraction of sp³-hybridized carbons (Fsp3) is 0.222. The van der Waals surface area contributed by atoms with E-state index >= 15 is 0 Å². The van der Waals surface area contributed by atoms with Crippen molar-refractivity contribution in [3.8, 4) is 11.5 Å². The Labute approximate surface area is 75.8 Å². The van der Waals surface area contributed by atoms with Crippen LogP contribution in [0.3, 0.4) is 0 Å². The number of carbonyl (C=O) groups is 1. The minimum atomic E-state index is -0.253. The lowest BCUT2D eigenvalue weighted by atomic mass is 10.2. The number of amides is 1. The van der Waals surface area contributed by atoms with Crippen LogP contribution in [0.2, 0.25) is 0 Å². The van der Waals surface area contributed by atoms with Gasteiger partial charge in [0.25, 0.3) is 0 Å². The molecule has 1 rings (SSSR count). The summed E-state index contributed by atoms with van der Waals surface area (Å²) in [6, 6.07) is 4.28. The SMILES string of the molecule is CCC(=O)Nc1c(O)cccc1O. The molecule has 0 spiro atoms. The fourth-order valence-corrected chi connectivity index (χ4v) is 0.884. The van der Waals surface area contributed by atoms with Crippen molar-refractivity contribution in [2.45, 2.75) is 13.3 Å². The third-order valence-electron chi connectivity index (χ3n) is 1.61. The third kappa shape index (κ3) is 2.11. The van der Waals surface area contributed by atoms with Gasteiger partial charge in [-0.15, -0.1) is 0 Å². The molecule has 13 heavy (non-hydrogen) atoms. The predicted molar refractivity (Wildman–Crippen MR) is 48.7 cm³/mol. The lowest BCUT2D eigenvalue weighted by Crippen LogP contribution is -2.09. The van der Waals surface area contributed by atoms with E-state index in [1.807, 2.05) is 0 Å². The van der Waals surface area contributed by atoms with Crippen molar-refractivity contribution < 1.29 is 15.0 Å². The van der Waals surface area contributed by atoms with Crippen molar-refractivity contribution in [3.63, 3.8) is 0 Å². The summed E-state index contributed by atoms with van der Waals surface area (Å²) in [7, 11) is 0. The molecule has 70 valence electrons. The number of hydrogen-bond acceptors (Lipinski definition) is 3. The Morgan fingerprint density at radius 3 is 2.38 bits per heavy atom. The van der Waals surface area contributed by atoms with Crippen molar-refractivity contribution in [1.82, 2.24) is 0 Å². The molecule has 0 heterocycles. The van der Waals surface area contributed by atoms with Crippen LogP contribution in [-0.2, 0) is 4.79 Å². The molecule has 1 aromatic carbocycles. The Bertz CT molecular complexity index is 302. The summed E-state index contributed by atoms with van der Waals surface area (Å²) in [6.45, 7) is 1.69. The van der Waals surface area contributed by atoms with Crippen LogP contribution in [-0.4, -0.2) is 16.1 Å². The lowest BCUT2D eigenvalue weighted by Gasteiger charge is -2.07. The zero-order chi connectivity index (χ0) is 9.84. The van der Waals surface area contributed by atoms with Gasteiger partial charge in [-0.2, -0.15) is 0 Å².